The molecule has 2 N–H and O–H groups in total. The van der Waals surface area contributed by atoms with Crippen LogP contribution in [0.15, 0.2) is 41.2 Å². The van der Waals surface area contributed by atoms with E-state index >= 15 is 0 Å². The minimum Gasteiger partial charge on any atom is -0.493 e. The van der Waals surface area contributed by atoms with Crippen molar-refractivity contribution in [1.82, 2.24) is 10.3 Å². The number of fused-ring (bicyclic) bond motifs is 1. The van der Waals surface area contributed by atoms with Crippen LogP contribution in [0.3, 0.4) is 0 Å². The van der Waals surface area contributed by atoms with E-state index in [1.165, 1.54) is 21.3 Å². The predicted molar refractivity (Wildman–Crippen MR) is 111 cm³/mol. The number of methoxy groups -OCH3 is 3. The van der Waals surface area contributed by atoms with E-state index in [1.807, 2.05) is 31.2 Å². The molecule has 2 aromatic carbocycles. The molecule has 7 nitrogen and oxygen atoms in total. The standard InChI is InChI=1S/C22H24N2O5/c1-13-5-6-17-15(9-13)10-14(22(26)24-17)7-8-23-21(25)16-11-18(27-2)20(29-4)19(12-16)28-3/h5-6,9-12H,7-8H2,1-4H3,(H,23,25)(H,24,26). The molecule has 0 saturated heterocycles. The summed E-state index contributed by atoms with van der Waals surface area (Å²) < 4.78 is 15.8. The summed E-state index contributed by atoms with van der Waals surface area (Å²) in [5.41, 5.74) is 2.76. The first kappa shape index (κ1) is 20.3. The molecule has 1 aromatic heterocycles. The molecule has 3 aromatic rings. The molecule has 1 heterocycles. The van der Waals surface area contributed by atoms with Crippen molar-refractivity contribution in [3.63, 3.8) is 0 Å². The summed E-state index contributed by atoms with van der Waals surface area (Å²) >= 11 is 0. The Bertz CT molecular complexity index is 1080. The Morgan fingerprint density at radius 1 is 1.00 bits per heavy atom. The summed E-state index contributed by atoms with van der Waals surface area (Å²) in [6.45, 7) is 2.32. The monoisotopic (exact) mass is 396 g/mol. The van der Waals surface area contributed by atoms with Gasteiger partial charge in [0.2, 0.25) is 5.75 Å². The lowest BCUT2D eigenvalue weighted by molar-refractivity contribution is 0.0953. The fourth-order valence-electron chi connectivity index (χ4n) is 3.18. The zero-order valence-corrected chi connectivity index (χ0v) is 16.9. The maximum atomic E-state index is 12.6. The number of aromatic nitrogens is 1. The Labute approximate surface area is 168 Å². The van der Waals surface area contributed by atoms with Crippen molar-refractivity contribution in [2.45, 2.75) is 13.3 Å². The number of H-pyrrole nitrogens is 1. The zero-order chi connectivity index (χ0) is 21.0. The Morgan fingerprint density at radius 2 is 1.69 bits per heavy atom. The van der Waals surface area contributed by atoms with Gasteiger partial charge in [-0.05, 0) is 49.1 Å². The number of amides is 1. The molecule has 0 unspecified atom stereocenters. The lowest BCUT2D eigenvalue weighted by Gasteiger charge is -2.14. The van der Waals surface area contributed by atoms with Crippen LogP contribution in [-0.4, -0.2) is 38.8 Å². The molecule has 0 aliphatic rings. The molecule has 3 rings (SSSR count). The Balaban J connectivity index is 1.74. The number of aromatic amines is 1. The molecule has 0 aliphatic carbocycles. The van der Waals surface area contributed by atoms with Crippen LogP contribution in [0.25, 0.3) is 10.9 Å². The minimum atomic E-state index is -0.294. The largest absolute Gasteiger partial charge is 0.493 e. The smallest absolute Gasteiger partial charge is 0.251 e. The summed E-state index contributed by atoms with van der Waals surface area (Å²) in [6.07, 6.45) is 0.412. The van der Waals surface area contributed by atoms with E-state index in [2.05, 4.69) is 10.3 Å². The molecule has 1 amide bonds. The quantitative estimate of drug-likeness (QED) is 0.641. The fraction of sp³-hybridized carbons (Fsp3) is 0.273. The number of pyridine rings is 1. The van der Waals surface area contributed by atoms with Gasteiger partial charge in [0.15, 0.2) is 11.5 Å². The van der Waals surface area contributed by atoms with E-state index in [-0.39, 0.29) is 11.5 Å². The number of carbonyl (C=O) groups is 1. The lowest BCUT2D eigenvalue weighted by Crippen LogP contribution is -2.27. The third kappa shape index (κ3) is 4.34. The van der Waals surface area contributed by atoms with E-state index in [9.17, 15) is 9.59 Å². The molecular formula is C22H24N2O5. The van der Waals surface area contributed by atoms with Crippen LogP contribution in [0.1, 0.15) is 21.5 Å². The number of nitrogens with one attached hydrogen (secondary N) is 2. The molecule has 0 aliphatic heterocycles. The van der Waals surface area contributed by atoms with Gasteiger partial charge >= 0.3 is 0 Å². The van der Waals surface area contributed by atoms with Gasteiger partial charge in [-0.2, -0.15) is 0 Å². The SMILES string of the molecule is COc1cc(C(=O)NCCc2cc3cc(C)ccc3[nH]c2=O)cc(OC)c1OC. The van der Waals surface area contributed by atoms with Crippen molar-refractivity contribution in [3.8, 4) is 17.2 Å². The first-order valence-electron chi connectivity index (χ1n) is 9.17. The first-order valence-corrected chi connectivity index (χ1v) is 9.17. The summed E-state index contributed by atoms with van der Waals surface area (Å²) in [7, 11) is 4.49. The normalized spacial score (nSPS) is 10.6. The van der Waals surface area contributed by atoms with Gasteiger partial charge in [0.25, 0.3) is 11.5 Å². The maximum absolute atomic E-state index is 12.6. The van der Waals surface area contributed by atoms with Gasteiger partial charge in [-0.15, -0.1) is 0 Å². The molecule has 0 spiro atoms. The number of aryl methyl sites for hydroxylation is 1. The number of hydrogen-bond acceptors (Lipinski definition) is 5. The third-order valence-electron chi connectivity index (χ3n) is 4.68. The Kier molecular flexibility index (Phi) is 6.07. The topological polar surface area (TPSA) is 89.7 Å². The molecule has 0 radical (unpaired) electrons. The molecular weight excluding hydrogens is 372 g/mol. The van der Waals surface area contributed by atoms with Gasteiger partial charge in [-0.25, -0.2) is 0 Å². The third-order valence-corrected chi connectivity index (χ3v) is 4.68. The van der Waals surface area contributed by atoms with Gasteiger partial charge in [0.05, 0.1) is 21.3 Å². The molecule has 0 fully saturated rings. The number of carbonyl (C=O) groups excluding carboxylic acids is 1. The van der Waals surface area contributed by atoms with E-state index < -0.39 is 0 Å². The predicted octanol–water partition coefficient (Wildman–Crippen LogP) is 2.83. The average Bonchev–Trinajstić information content (AvgIpc) is 2.73. The van der Waals surface area contributed by atoms with E-state index in [0.29, 0.717) is 41.3 Å². The van der Waals surface area contributed by atoms with E-state index in [1.54, 1.807) is 12.1 Å². The number of ether oxygens (including phenoxy) is 3. The average molecular weight is 396 g/mol. The molecule has 0 atom stereocenters. The second kappa shape index (κ2) is 8.68. The van der Waals surface area contributed by atoms with Crippen molar-refractivity contribution in [2.75, 3.05) is 27.9 Å². The lowest BCUT2D eigenvalue weighted by atomic mass is 10.1. The van der Waals surface area contributed by atoms with Crippen LogP contribution in [0.2, 0.25) is 0 Å². The van der Waals surface area contributed by atoms with Crippen LogP contribution < -0.4 is 25.1 Å². The van der Waals surface area contributed by atoms with Crippen LogP contribution in [0.4, 0.5) is 0 Å². The van der Waals surface area contributed by atoms with Crippen molar-refractivity contribution in [2.24, 2.45) is 0 Å². The second-order valence-corrected chi connectivity index (χ2v) is 6.63. The molecule has 29 heavy (non-hydrogen) atoms. The first-order chi connectivity index (χ1) is 14.0. The minimum absolute atomic E-state index is 0.150. The van der Waals surface area contributed by atoms with E-state index in [0.717, 1.165) is 16.5 Å². The molecule has 7 heteroatoms. The molecule has 0 bridgehead atoms. The Hall–Kier alpha value is -3.48. The van der Waals surface area contributed by atoms with Crippen molar-refractivity contribution < 1.29 is 19.0 Å². The van der Waals surface area contributed by atoms with Crippen molar-refractivity contribution in [3.05, 3.63) is 63.4 Å². The highest BCUT2D eigenvalue weighted by Gasteiger charge is 2.17. The highest BCUT2D eigenvalue weighted by atomic mass is 16.5. The highest BCUT2D eigenvalue weighted by Crippen LogP contribution is 2.38. The van der Waals surface area contributed by atoms with Gasteiger partial charge in [0.1, 0.15) is 0 Å². The van der Waals surface area contributed by atoms with E-state index in [4.69, 9.17) is 14.2 Å². The fourth-order valence-corrected chi connectivity index (χ4v) is 3.18. The van der Waals surface area contributed by atoms with Crippen LogP contribution in [0, 0.1) is 6.92 Å². The number of benzene rings is 2. The second-order valence-electron chi connectivity index (χ2n) is 6.63. The Morgan fingerprint density at radius 3 is 2.31 bits per heavy atom. The van der Waals surface area contributed by atoms with Crippen LogP contribution >= 0.6 is 0 Å². The van der Waals surface area contributed by atoms with Gasteiger partial charge < -0.3 is 24.5 Å². The van der Waals surface area contributed by atoms with Crippen molar-refractivity contribution in [1.29, 1.82) is 0 Å². The van der Waals surface area contributed by atoms with Crippen LogP contribution in [-0.2, 0) is 6.42 Å². The van der Waals surface area contributed by atoms with Crippen molar-refractivity contribution >= 4 is 16.8 Å². The highest BCUT2D eigenvalue weighted by molar-refractivity contribution is 5.95. The summed E-state index contributed by atoms with van der Waals surface area (Å²) in [5.74, 6) is 0.929. The zero-order valence-electron chi connectivity index (χ0n) is 16.9. The summed E-state index contributed by atoms with van der Waals surface area (Å²) in [4.78, 5) is 27.7. The molecule has 152 valence electrons. The van der Waals surface area contributed by atoms with Crippen LogP contribution in [0.5, 0.6) is 17.2 Å². The summed E-state index contributed by atoms with van der Waals surface area (Å²) in [5, 5.41) is 3.80. The number of rotatable bonds is 7. The maximum Gasteiger partial charge on any atom is 0.251 e. The van der Waals surface area contributed by atoms with Gasteiger partial charge in [0, 0.05) is 23.2 Å². The van der Waals surface area contributed by atoms with Gasteiger partial charge in [-0.1, -0.05) is 11.6 Å². The summed E-state index contributed by atoms with van der Waals surface area (Å²) in [6, 6.07) is 10.9. The molecule has 0 saturated carbocycles. The number of hydrogen-bond donors (Lipinski definition) is 2. The van der Waals surface area contributed by atoms with Gasteiger partial charge in [-0.3, -0.25) is 9.59 Å².